The van der Waals surface area contributed by atoms with Crippen molar-refractivity contribution in [3.63, 3.8) is 0 Å². The number of esters is 1. The van der Waals surface area contributed by atoms with Gasteiger partial charge in [0.1, 0.15) is 6.04 Å². The molecule has 88 valence electrons. The van der Waals surface area contributed by atoms with Gasteiger partial charge in [-0.2, -0.15) is 0 Å². The van der Waals surface area contributed by atoms with E-state index in [0.717, 1.165) is 5.56 Å². The van der Waals surface area contributed by atoms with Gasteiger partial charge in [0.25, 0.3) is 0 Å². The lowest BCUT2D eigenvalue weighted by Gasteiger charge is -2.15. The second kappa shape index (κ2) is 6.23. The highest BCUT2D eigenvalue weighted by Gasteiger charge is 2.21. The molecule has 1 aromatic rings. The van der Waals surface area contributed by atoms with Crippen LogP contribution >= 0.6 is 0 Å². The minimum absolute atomic E-state index is 0.237. The number of benzene rings is 1. The molecule has 0 saturated carbocycles. The first kappa shape index (κ1) is 12.6. The van der Waals surface area contributed by atoms with Crippen molar-refractivity contribution in [3.05, 3.63) is 35.9 Å². The van der Waals surface area contributed by atoms with Crippen molar-refractivity contribution in [1.82, 2.24) is 5.54 Å². The van der Waals surface area contributed by atoms with Crippen LogP contribution in [0.5, 0.6) is 0 Å². The van der Waals surface area contributed by atoms with E-state index in [9.17, 15) is 9.28 Å². The van der Waals surface area contributed by atoms with Crippen LogP contribution < -0.4 is 5.54 Å². The predicted octanol–water partition coefficient (Wildman–Crippen LogP) is 2.02. The lowest BCUT2D eigenvalue weighted by Crippen LogP contribution is -2.36. The molecule has 4 heteroatoms. The fourth-order valence-corrected chi connectivity index (χ4v) is 1.33. The predicted molar refractivity (Wildman–Crippen MR) is 59.4 cm³/mol. The van der Waals surface area contributed by atoms with Crippen LogP contribution in [0.1, 0.15) is 19.4 Å². The zero-order chi connectivity index (χ0) is 12.0. The van der Waals surface area contributed by atoms with E-state index in [1.807, 2.05) is 30.3 Å². The Labute approximate surface area is 94.5 Å². The first-order valence-electron chi connectivity index (χ1n) is 5.24. The van der Waals surface area contributed by atoms with E-state index in [0.29, 0.717) is 0 Å². The van der Waals surface area contributed by atoms with Crippen molar-refractivity contribution in [2.75, 3.05) is 0 Å². The van der Waals surface area contributed by atoms with E-state index in [2.05, 4.69) is 0 Å². The van der Waals surface area contributed by atoms with Gasteiger partial charge in [-0.3, -0.25) is 4.79 Å². The molecule has 0 aliphatic rings. The molecule has 1 aromatic carbocycles. The summed E-state index contributed by atoms with van der Waals surface area (Å²) in [6.45, 7) is 3.46. The van der Waals surface area contributed by atoms with E-state index >= 15 is 0 Å². The van der Waals surface area contributed by atoms with E-state index in [4.69, 9.17) is 4.74 Å². The Balaban J connectivity index is 2.58. The lowest BCUT2D eigenvalue weighted by atomic mass is 10.1. The largest absolute Gasteiger partial charge is 0.462 e. The van der Waals surface area contributed by atoms with E-state index < -0.39 is 12.0 Å². The maximum Gasteiger partial charge on any atom is 0.326 e. The summed E-state index contributed by atoms with van der Waals surface area (Å²) in [5.74, 6) is -0.568. The summed E-state index contributed by atoms with van der Waals surface area (Å²) in [6, 6.07) is 8.30. The lowest BCUT2D eigenvalue weighted by molar-refractivity contribution is -0.151. The molecule has 1 rings (SSSR count). The standard InChI is InChI=1S/C12H16FNO2/c1-9(2)16-12(15)11(14-13)8-10-6-4-3-5-7-10/h3-7,9,11,14H,8H2,1-2H3. The maximum atomic E-state index is 12.5. The molecule has 0 spiro atoms. The van der Waals surface area contributed by atoms with Crippen molar-refractivity contribution in [2.24, 2.45) is 0 Å². The van der Waals surface area contributed by atoms with Crippen LogP contribution in [0.3, 0.4) is 0 Å². The molecule has 0 fully saturated rings. The second-order valence-electron chi connectivity index (χ2n) is 3.84. The summed E-state index contributed by atoms with van der Waals surface area (Å²) < 4.78 is 17.4. The minimum atomic E-state index is -0.940. The fourth-order valence-electron chi connectivity index (χ4n) is 1.33. The van der Waals surface area contributed by atoms with Gasteiger partial charge in [0, 0.05) is 6.42 Å². The third kappa shape index (κ3) is 3.98. The molecule has 1 atom stereocenters. The molecular formula is C12H16FNO2. The molecule has 1 unspecified atom stereocenters. The van der Waals surface area contributed by atoms with Crippen LogP contribution in [-0.2, 0) is 16.0 Å². The van der Waals surface area contributed by atoms with Gasteiger partial charge in [-0.15, -0.1) is 10.0 Å². The third-order valence-electron chi connectivity index (χ3n) is 2.05. The maximum absolute atomic E-state index is 12.5. The van der Waals surface area contributed by atoms with Gasteiger partial charge in [0.2, 0.25) is 0 Å². The van der Waals surface area contributed by atoms with Crippen LogP contribution in [0.4, 0.5) is 4.48 Å². The normalized spacial score (nSPS) is 12.5. The Hall–Kier alpha value is -1.42. The van der Waals surface area contributed by atoms with E-state index in [-0.39, 0.29) is 12.5 Å². The van der Waals surface area contributed by atoms with Gasteiger partial charge < -0.3 is 4.74 Å². The summed E-state index contributed by atoms with van der Waals surface area (Å²) in [5, 5.41) is 0. The van der Waals surface area contributed by atoms with Gasteiger partial charge in [-0.1, -0.05) is 30.3 Å². The summed E-state index contributed by atoms with van der Waals surface area (Å²) in [5.41, 5.74) is 2.37. The molecule has 0 bridgehead atoms. The molecule has 0 aliphatic carbocycles. The molecule has 0 aromatic heterocycles. The Morgan fingerprint density at radius 3 is 2.50 bits per heavy atom. The average Bonchev–Trinajstić information content (AvgIpc) is 2.26. The monoisotopic (exact) mass is 225 g/mol. The molecule has 1 N–H and O–H groups in total. The van der Waals surface area contributed by atoms with E-state index in [1.165, 1.54) is 5.54 Å². The number of nitrogens with one attached hydrogen (secondary N) is 1. The summed E-state index contributed by atoms with van der Waals surface area (Å²) in [7, 11) is 0. The molecule has 0 radical (unpaired) electrons. The number of ether oxygens (including phenoxy) is 1. The highest BCUT2D eigenvalue weighted by atomic mass is 19.2. The molecule has 3 nitrogen and oxygen atoms in total. The number of carbonyl (C=O) groups is 1. The van der Waals surface area contributed by atoms with Crippen molar-refractivity contribution in [3.8, 4) is 0 Å². The zero-order valence-electron chi connectivity index (χ0n) is 9.44. The van der Waals surface area contributed by atoms with Gasteiger partial charge in [0.05, 0.1) is 6.10 Å². The van der Waals surface area contributed by atoms with Gasteiger partial charge in [-0.05, 0) is 19.4 Å². The summed E-state index contributed by atoms with van der Waals surface area (Å²) in [4.78, 5) is 11.5. The van der Waals surface area contributed by atoms with Crippen LogP contribution in [0.15, 0.2) is 30.3 Å². The second-order valence-corrected chi connectivity index (χ2v) is 3.84. The highest BCUT2D eigenvalue weighted by molar-refractivity contribution is 5.76. The Morgan fingerprint density at radius 1 is 1.38 bits per heavy atom. The van der Waals surface area contributed by atoms with Crippen LogP contribution in [0, 0.1) is 0 Å². The van der Waals surface area contributed by atoms with Gasteiger partial charge >= 0.3 is 5.97 Å². The van der Waals surface area contributed by atoms with Gasteiger partial charge in [-0.25, -0.2) is 0 Å². The molecule has 0 heterocycles. The van der Waals surface area contributed by atoms with Crippen LogP contribution in [-0.4, -0.2) is 18.1 Å². The average molecular weight is 225 g/mol. The molecule has 0 amide bonds. The molecular weight excluding hydrogens is 209 g/mol. The number of halogens is 1. The van der Waals surface area contributed by atoms with Crippen molar-refractivity contribution in [2.45, 2.75) is 32.4 Å². The topological polar surface area (TPSA) is 38.3 Å². The summed E-state index contributed by atoms with van der Waals surface area (Å²) in [6.07, 6.45) is 0.0437. The molecule has 0 aliphatic heterocycles. The number of hydrogen-bond acceptors (Lipinski definition) is 3. The van der Waals surface area contributed by atoms with Crippen LogP contribution in [0.25, 0.3) is 0 Å². The number of rotatable bonds is 5. The quantitative estimate of drug-likeness (QED) is 0.615. The minimum Gasteiger partial charge on any atom is -0.462 e. The summed E-state index contributed by atoms with van der Waals surface area (Å²) >= 11 is 0. The number of carbonyl (C=O) groups excluding carboxylic acids is 1. The Bertz CT molecular complexity index is 327. The van der Waals surface area contributed by atoms with Gasteiger partial charge in [0.15, 0.2) is 0 Å². The zero-order valence-corrected chi connectivity index (χ0v) is 9.44. The van der Waals surface area contributed by atoms with Crippen molar-refractivity contribution < 1.29 is 14.0 Å². The first-order valence-corrected chi connectivity index (χ1v) is 5.24. The first-order chi connectivity index (χ1) is 7.63. The molecule has 16 heavy (non-hydrogen) atoms. The van der Waals surface area contributed by atoms with Crippen LogP contribution in [0.2, 0.25) is 0 Å². The smallest absolute Gasteiger partial charge is 0.326 e. The molecule has 0 saturated heterocycles. The van der Waals surface area contributed by atoms with Crippen molar-refractivity contribution >= 4 is 5.97 Å². The van der Waals surface area contributed by atoms with Crippen molar-refractivity contribution in [1.29, 1.82) is 0 Å². The third-order valence-corrected chi connectivity index (χ3v) is 2.05. The highest BCUT2D eigenvalue weighted by Crippen LogP contribution is 2.05. The van der Waals surface area contributed by atoms with E-state index in [1.54, 1.807) is 13.8 Å². The Morgan fingerprint density at radius 2 is 2.00 bits per heavy atom. The SMILES string of the molecule is CC(C)OC(=O)C(Cc1ccccc1)NF. The fraction of sp³-hybridized carbons (Fsp3) is 0.417. The number of hydrogen-bond donors (Lipinski definition) is 1. The Kier molecular flexibility index (Phi) is 4.92.